The van der Waals surface area contributed by atoms with E-state index in [9.17, 15) is 0 Å². The van der Waals surface area contributed by atoms with Gasteiger partial charge >= 0.3 is 0 Å². The van der Waals surface area contributed by atoms with Crippen LogP contribution in [0.2, 0.25) is 0 Å². The first kappa shape index (κ1) is 11.2. The minimum Gasteiger partial charge on any atom is -0.327 e. The highest BCUT2D eigenvalue weighted by Crippen LogP contribution is 2.37. The van der Waals surface area contributed by atoms with Crippen molar-refractivity contribution in [3.8, 4) is 11.1 Å². The van der Waals surface area contributed by atoms with Crippen molar-refractivity contribution in [2.45, 2.75) is 13.3 Å². The zero-order chi connectivity index (χ0) is 12.5. The van der Waals surface area contributed by atoms with Crippen molar-refractivity contribution < 1.29 is 0 Å². The van der Waals surface area contributed by atoms with Crippen LogP contribution in [-0.4, -0.2) is 6.54 Å². The first-order valence-electron chi connectivity index (χ1n) is 6.38. The minimum atomic E-state index is 0.600. The summed E-state index contributed by atoms with van der Waals surface area (Å²) in [4.78, 5) is 0. The van der Waals surface area contributed by atoms with Gasteiger partial charge in [0, 0.05) is 6.54 Å². The number of fused-ring (bicyclic) bond motifs is 3. The molecule has 0 saturated carbocycles. The first-order chi connectivity index (χ1) is 8.79. The highest BCUT2D eigenvalue weighted by Gasteiger charge is 2.17. The van der Waals surface area contributed by atoms with Crippen LogP contribution < -0.4 is 5.73 Å². The summed E-state index contributed by atoms with van der Waals surface area (Å²) in [5, 5.41) is 0. The molecule has 0 spiro atoms. The Bertz CT molecular complexity index is 623. The molecule has 0 bridgehead atoms. The maximum atomic E-state index is 5.57. The first-order valence-corrected chi connectivity index (χ1v) is 6.38. The van der Waals surface area contributed by atoms with Crippen LogP contribution in [0.5, 0.6) is 0 Å². The summed E-state index contributed by atoms with van der Waals surface area (Å²) in [6.07, 6.45) is 3.12. The Kier molecular flexibility index (Phi) is 2.77. The van der Waals surface area contributed by atoms with Crippen LogP contribution >= 0.6 is 0 Å². The van der Waals surface area contributed by atoms with Crippen LogP contribution in [0.4, 0.5) is 0 Å². The third-order valence-electron chi connectivity index (χ3n) is 3.67. The van der Waals surface area contributed by atoms with Crippen molar-refractivity contribution in [1.29, 1.82) is 0 Å². The second kappa shape index (κ2) is 4.43. The molecule has 3 rings (SSSR count). The van der Waals surface area contributed by atoms with Gasteiger partial charge < -0.3 is 5.73 Å². The van der Waals surface area contributed by atoms with E-state index in [0.717, 1.165) is 6.42 Å². The second-order valence-electron chi connectivity index (χ2n) is 4.83. The lowest BCUT2D eigenvalue weighted by atomic mass is 10.00. The maximum absolute atomic E-state index is 5.57. The van der Waals surface area contributed by atoms with Gasteiger partial charge in [0.05, 0.1) is 0 Å². The summed E-state index contributed by atoms with van der Waals surface area (Å²) < 4.78 is 0. The molecule has 0 fully saturated rings. The van der Waals surface area contributed by atoms with Crippen molar-refractivity contribution in [2.75, 3.05) is 6.54 Å². The van der Waals surface area contributed by atoms with Gasteiger partial charge in [-0.1, -0.05) is 48.5 Å². The van der Waals surface area contributed by atoms with Crippen molar-refractivity contribution >= 4 is 5.57 Å². The second-order valence-corrected chi connectivity index (χ2v) is 4.83. The van der Waals surface area contributed by atoms with E-state index < -0.39 is 0 Å². The topological polar surface area (TPSA) is 26.0 Å². The minimum absolute atomic E-state index is 0.600. The lowest BCUT2D eigenvalue weighted by Gasteiger charge is -2.05. The normalized spacial score (nSPS) is 13.3. The van der Waals surface area contributed by atoms with Gasteiger partial charge in [0.15, 0.2) is 0 Å². The molecule has 1 heteroatoms. The van der Waals surface area contributed by atoms with E-state index in [2.05, 4.69) is 55.5 Å². The van der Waals surface area contributed by atoms with Gasteiger partial charge in [0.1, 0.15) is 0 Å². The van der Waals surface area contributed by atoms with Gasteiger partial charge in [-0.15, -0.1) is 0 Å². The number of benzene rings is 2. The molecule has 18 heavy (non-hydrogen) atoms. The van der Waals surface area contributed by atoms with Crippen LogP contribution in [0.1, 0.15) is 23.6 Å². The quantitative estimate of drug-likeness (QED) is 0.721. The standard InChI is InChI=1S/C17H17N/c1-12(8-9-18)13-6-7-17-15(10-13)11-14-4-2-3-5-16(14)17/h2-8,10H,9,11,18H2,1H3. The van der Waals surface area contributed by atoms with E-state index in [1.54, 1.807) is 0 Å². The Morgan fingerprint density at radius 1 is 1.11 bits per heavy atom. The molecule has 0 aliphatic heterocycles. The third-order valence-corrected chi connectivity index (χ3v) is 3.67. The molecule has 1 aliphatic carbocycles. The molecule has 0 saturated heterocycles. The molecule has 2 aromatic carbocycles. The third kappa shape index (κ3) is 1.77. The van der Waals surface area contributed by atoms with Crippen molar-refractivity contribution in [3.63, 3.8) is 0 Å². The Morgan fingerprint density at radius 3 is 2.72 bits per heavy atom. The number of hydrogen-bond acceptors (Lipinski definition) is 1. The van der Waals surface area contributed by atoms with Gasteiger partial charge in [-0.2, -0.15) is 0 Å². The van der Waals surface area contributed by atoms with E-state index in [1.807, 2.05) is 0 Å². The van der Waals surface area contributed by atoms with Crippen molar-refractivity contribution in [1.82, 2.24) is 0 Å². The van der Waals surface area contributed by atoms with Gasteiger partial charge in [-0.3, -0.25) is 0 Å². The SMILES string of the molecule is CC(=CCN)c1ccc2c(c1)Cc1ccccc1-2. The van der Waals surface area contributed by atoms with Gasteiger partial charge in [-0.05, 0) is 46.7 Å². The smallest absolute Gasteiger partial charge is 0.0112 e. The van der Waals surface area contributed by atoms with Crippen molar-refractivity contribution in [2.24, 2.45) is 5.73 Å². The van der Waals surface area contributed by atoms with E-state index in [1.165, 1.54) is 33.4 Å². The highest BCUT2D eigenvalue weighted by atomic mass is 14.5. The summed E-state index contributed by atoms with van der Waals surface area (Å²) in [5.41, 5.74) is 13.8. The molecule has 0 aromatic heterocycles. The summed E-state index contributed by atoms with van der Waals surface area (Å²) in [6.45, 7) is 2.72. The predicted octanol–water partition coefficient (Wildman–Crippen LogP) is 3.62. The Hall–Kier alpha value is -1.86. The van der Waals surface area contributed by atoms with Gasteiger partial charge in [0.25, 0.3) is 0 Å². The lowest BCUT2D eigenvalue weighted by Crippen LogP contribution is -1.94. The highest BCUT2D eigenvalue weighted by molar-refractivity contribution is 5.79. The van der Waals surface area contributed by atoms with Crippen LogP contribution in [-0.2, 0) is 6.42 Å². The van der Waals surface area contributed by atoms with Gasteiger partial charge in [-0.25, -0.2) is 0 Å². The predicted molar refractivity (Wildman–Crippen MR) is 77.4 cm³/mol. The van der Waals surface area contributed by atoms with Crippen LogP contribution in [0.3, 0.4) is 0 Å². The summed E-state index contributed by atoms with van der Waals surface area (Å²) in [6, 6.07) is 15.4. The fourth-order valence-electron chi connectivity index (χ4n) is 2.69. The molecule has 2 N–H and O–H groups in total. The molecule has 0 unspecified atom stereocenters. The zero-order valence-electron chi connectivity index (χ0n) is 10.6. The Balaban J connectivity index is 2.06. The Morgan fingerprint density at radius 2 is 1.89 bits per heavy atom. The monoisotopic (exact) mass is 235 g/mol. The van der Waals surface area contributed by atoms with E-state index >= 15 is 0 Å². The van der Waals surface area contributed by atoms with Crippen LogP contribution in [0.15, 0.2) is 48.5 Å². The summed E-state index contributed by atoms with van der Waals surface area (Å²) in [5.74, 6) is 0. The molecule has 0 atom stereocenters. The largest absolute Gasteiger partial charge is 0.327 e. The molecule has 90 valence electrons. The lowest BCUT2D eigenvalue weighted by molar-refractivity contribution is 1.24. The average Bonchev–Trinajstić information content (AvgIpc) is 2.76. The summed E-state index contributed by atoms with van der Waals surface area (Å²) >= 11 is 0. The van der Waals surface area contributed by atoms with E-state index in [0.29, 0.717) is 6.54 Å². The maximum Gasteiger partial charge on any atom is 0.0112 e. The Labute approximate surface area is 108 Å². The molecule has 0 amide bonds. The number of rotatable bonds is 2. The van der Waals surface area contributed by atoms with Crippen LogP contribution in [0.25, 0.3) is 16.7 Å². The molecule has 0 heterocycles. The molecule has 1 nitrogen and oxygen atoms in total. The van der Waals surface area contributed by atoms with Gasteiger partial charge in [0.2, 0.25) is 0 Å². The zero-order valence-corrected chi connectivity index (χ0v) is 10.6. The van der Waals surface area contributed by atoms with E-state index in [-0.39, 0.29) is 0 Å². The summed E-state index contributed by atoms with van der Waals surface area (Å²) in [7, 11) is 0. The van der Waals surface area contributed by atoms with Crippen LogP contribution in [0, 0.1) is 0 Å². The molecule has 0 radical (unpaired) electrons. The van der Waals surface area contributed by atoms with E-state index in [4.69, 9.17) is 5.73 Å². The van der Waals surface area contributed by atoms with Crippen molar-refractivity contribution in [3.05, 3.63) is 65.2 Å². The number of hydrogen-bond donors (Lipinski definition) is 1. The molecule has 2 aromatic rings. The molecule has 1 aliphatic rings. The fraction of sp³-hybridized carbons (Fsp3) is 0.176. The molecular formula is C17H17N. The molecular weight excluding hydrogens is 218 g/mol. The average molecular weight is 235 g/mol. The number of allylic oxidation sites excluding steroid dienone is 1. The fourth-order valence-corrected chi connectivity index (χ4v) is 2.69. The number of nitrogens with two attached hydrogens (primary N) is 1.